The van der Waals surface area contributed by atoms with Gasteiger partial charge in [0, 0.05) is 4.88 Å². The second-order valence-electron chi connectivity index (χ2n) is 5.99. The first-order valence-corrected chi connectivity index (χ1v) is 10.9. The van der Waals surface area contributed by atoms with Crippen molar-refractivity contribution < 1.29 is 17.6 Å². The highest BCUT2D eigenvalue weighted by Gasteiger charge is 2.28. The van der Waals surface area contributed by atoms with E-state index in [0.717, 1.165) is 15.2 Å². The van der Waals surface area contributed by atoms with E-state index in [1.807, 2.05) is 17.5 Å². The Labute approximate surface area is 172 Å². The molecule has 29 heavy (non-hydrogen) atoms. The molecule has 0 aliphatic heterocycles. The number of para-hydroxylation sites is 1. The van der Waals surface area contributed by atoms with Gasteiger partial charge in [-0.05, 0) is 42.6 Å². The standard InChI is InChI=1S/C20H18FN3O3S2/c1-15(19-12-7-13-28-19)22-23-20(25)14-24(18-11-6-5-10-17(18)21)29(26,27)16-8-3-2-4-9-16/h2-13H,14H2,1H3,(H,23,25)/b22-15-. The number of hydrogen-bond donors (Lipinski definition) is 1. The molecule has 9 heteroatoms. The average Bonchev–Trinajstić information content (AvgIpc) is 3.26. The molecule has 1 heterocycles. The molecule has 1 N–H and O–H groups in total. The monoisotopic (exact) mass is 431 g/mol. The van der Waals surface area contributed by atoms with Gasteiger partial charge in [-0.15, -0.1) is 11.3 Å². The number of halogens is 1. The van der Waals surface area contributed by atoms with Crippen LogP contribution >= 0.6 is 11.3 Å². The van der Waals surface area contributed by atoms with Gasteiger partial charge in [-0.2, -0.15) is 5.10 Å². The summed E-state index contributed by atoms with van der Waals surface area (Å²) in [6.45, 7) is 1.10. The molecule has 0 fully saturated rings. The van der Waals surface area contributed by atoms with Gasteiger partial charge in [-0.3, -0.25) is 9.10 Å². The molecule has 1 amide bonds. The van der Waals surface area contributed by atoms with Gasteiger partial charge in [-0.1, -0.05) is 36.4 Å². The van der Waals surface area contributed by atoms with Crippen LogP contribution in [-0.4, -0.2) is 26.6 Å². The van der Waals surface area contributed by atoms with Crippen LogP contribution in [0.3, 0.4) is 0 Å². The lowest BCUT2D eigenvalue weighted by Gasteiger charge is -2.24. The van der Waals surface area contributed by atoms with Gasteiger partial charge >= 0.3 is 0 Å². The van der Waals surface area contributed by atoms with Gasteiger partial charge in [0.15, 0.2) is 0 Å². The zero-order valence-corrected chi connectivity index (χ0v) is 17.1. The Hall–Kier alpha value is -3.04. The molecule has 0 atom stereocenters. The van der Waals surface area contributed by atoms with Crippen molar-refractivity contribution in [2.45, 2.75) is 11.8 Å². The molecule has 3 aromatic rings. The summed E-state index contributed by atoms with van der Waals surface area (Å²) in [7, 11) is -4.17. The number of nitrogens with zero attached hydrogens (tertiary/aromatic N) is 2. The van der Waals surface area contributed by atoms with E-state index in [1.54, 1.807) is 25.1 Å². The first-order valence-electron chi connectivity index (χ1n) is 8.59. The predicted molar refractivity (Wildman–Crippen MR) is 112 cm³/mol. The maximum Gasteiger partial charge on any atom is 0.264 e. The summed E-state index contributed by atoms with van der Waals surface area (Å²) in [5.41, 5.74) is 2.70. The molecule has 150 valence electrons. The predicted octanol–water partition coefficient (Wildman–Crippen LogP) is 3.62. The molecular formula is C20H18FN3O3S2. The van der Waals surface area contributed by atoms with Crippen molar-refractivity contribution in [3.63, 3.8) is 0 Å². The van der Waals surface area contributed by atoms with Crippen LogP contribution in [0.5, 0.6) is 0 Å². The maximum atomic E-state index is 14.4. The second-order valence-corrected chi connectivity index (χ2v) is 8.80. The van der Waals surface area contributed by atoms with E-state index in [4.69, 9.17) is 0 Å². The van der Waals surface area contributed by atoms with Crippen LogP contribution in [0.1, 0.15) is 11.8 Å². The Kier molecular flexibility index (Phi) is 6.40. The van der Waals surface area contributed by atoms with Crippen LogP contribution in [0, 0.1) is 5.82 Å². The third-order valence-corrected chi connectivity index (χ3v) is 6.72. The lowest BCUT2D eigenvalue weighted by Crippen LogP contribution is -2.40. The van der Waals surface area contributed by atoms with Crippen molar-refractivity contribution in [1.29, 1.82) is 0 Å². The Balaban J connectivity index is 1.89. The van der Waals surface area contributed by atoms with E-state index in [0.29, 0.717) is 5.71 Å². The largest absolute Gasteiger partial charge is 0.271 e. The summed E-state index contributed by atoms with van der Waals surface area (Å²) in [4.78, 5) is 13.3. The molecule has 0 saturated carbocycles. The van der Waals surface area contributed by atoms with Gasteiger partial charge in [0.05, 0.1) is 16.3 Å². The summed E-state index contributed by atoms with van der Waals surface area (Å²) in [6.07, 6.45) is 0. The molecular weight excluding hydrogens is 413 g/mol. The van der Waals surface area contributed by atoms with Gasteiger partial charge < -0.3 is 0 Å². The molecule has 3 rings (SSSR count). The highest BCUT2D eigenvalue weighted by atomic mass is 32.2. The number of hydrogen-bond acceptors (Lipinski definition) is 5. The number of amides is 1. The molecule has 0 saturated heterocycles. The van der Waals surface area contributed by atoms with Crippen molar-refractivity contribution in [3.8, 4) is 0 Å². The van der Waals surface area contributed by atoms with Crippen molar-refractivity contribution in [2.24, 2.45) is 5.10 Å². The second kappa shape index (κ2) is 8.97. The van der Waals surface area contributed by atoms with Gasteiger partial charge in [-0.25, -0.2) is 18.2 Å². The minimum absolute atomic E-state index is 0.0469. The fraction of sp³-hybridized carbons (Fsp3) is 0.100. The van der Waals surface area contributed by atoms with Crippen LogP contribution in [-0.2, 0) is 14.8 Å². The highest BCUT2D eigenvalue weighted by molar-refractivity contribution is 7.92. The van der Waals surface area contributed by atoms with E-state index in [9.17, 15) is 17.6 Å². The Bertz CT molecular complexity index is 1110. The van der Waals surface area contributed by atoms with E-state index < -0.39 is 28.3 Å². The Morgan fingerprint density at radius 3 is 2.41 bits per heavy atom. The number of carbonyl (C=O) groups excluding carboxylic acids is 1. The van der Waals surface area contributed by atoms with Gasteiger partial charge in [0.2, 0.25) is 0 Å². The minimum atomic E-state index is -4.17. The summed E-state index contributed by atoms with van der Waals surface area (Å²) < 4.78 is 41.3. The lowest BCUT2D eigenvalue weighted by molar-refractivity contribution is -0.119. The van der Waals surface area contributed by atoms with Crippen molar-refractivity contribution in [1.82, 2.24) is 5.43 Å². The third kappa shape index (κ3) is 4.87. The quantitative estimate of drug-likeness (QED) is 0.458. The first-order chi connectivity index (χ1) is 13.9. The Morgan fingerprint density at radius 2 is 1.76 bits per heavy atom. The maximum absolute atomic E-state index is 14.4. The van der Waals surface area contributed by atoms with Gasteiger partial charge in [0.1, 0.15) is 12.4 Å². The zero-order valence-electron chi connectivity index (χ0n) is 15.4. The molecule has 0 unspecified atom stereocenters. The van der Waals surface area contributed by atoms with Crippen LogP contribution in [0.4, 0.5) is 10.1 Å². The topological polar surface area (TPSA) is 78.8 Å². The van der Waals surface area contributed by atoms with Crippen molar-refractivity contribution in [3.05, 3.63) is 82.8 Å². The van der Waals surface area contributed by atoms with E-state index in [-0.39, 0.29) is 10.6 Å². The first kappa shape index (κ1) is 20.7. The number of thiophene rings is 1. The number of carbonyl (C=O) groups is 1. The van der Waals surface area contributed by atoms with Crippen molar-refractivity contribution in [2.75, 3.05) is 10.8 Å². The van der Waals surface area contributed by atoms with Crippen LogP contribution in [0.15, 0.2) is 82.1 Å². The SMILES string of the molecule is C/C(=N/NC(=O)CN(c1ccccc1F)S(=O)(=O)c1ccccc1)c1cccs1. The summed E-state index contributed by atoms with van der Waals surface area (Å²) in [5.74, 6) is -1.44. The molecule has 0 aliphatic rings. The third-order valence-electron chi connectivity index (χ3n) is 3.97. The molecule has 0 aliphatic carbocycles. The number of anilines is 1. The fourth-order valence-electron chi connectivity index (χ4n) is 2.52. The molecule has 2 aromatic carbocycles. The van der Waals surface area contributed by atoms with E-state index in [1.165, 1.54) is 41.7 Å². The number of hydrazone groups is 1. The van der Waals surface area contributed by atoms with E-state index >= 15 is 0 Å². The average molecular weight is 432 g/mol. The molecule has 1 aromatic heterocycles. The number of rotatable bonds is 7. The number of benzene rings is 2. The molecule has 0 spiro atoms. The van der Waals surface area contributed by atoms with E-state index in [2.05, 4.69) is 10.5 Å². The summed E-state index contributed by atoms with van der Waals surface area (Å²) in [6, 6.07) is 16.7. The number of sulfonamides is 1. The van der Waals surface area contributed by atoms with Crippen LogP contribution in [0.25, 0.3) is 0 Å². The summed E-state index contributed by atoms with van der Waals surface area (Å²) in [5, 5.41) is 5.88. The summed E-state index contributed by atoms with van der Waals surface area (Å²) >= 11 is 1.46. The fourth-order valence-corrected chi connectivity index (χ4v) is 4.65. The van der Waals surface area contributed by atoms with Crippen LogP contribution in [0.2, 0.25) is 0 Å². The van der Waals surface area contributed by atoms with Gasteiger partial charge in [0.25, 0.3) is 15.9 Å². The number of nitrogens with one attached hydrogen (secondary N) is 1. The molecule has 0 bridgehead atoms. The smallest absolute Gasteiger partial charge is 0.264 e. The Morgan fingerprint density at radius 1 is 1.07 bits per heavy atom. The lowest BCUT2D eigenvalue weighted by atomic mass is 10.3. The van der Waals surface area contributed by atoms with Crippen molar-refractivity contribution >= 4 is 38.7 Å². The normalized spacial score (nSPS) is 11.9. The minimum Gasteiger partial charge on any atom is -0.271 e. The van der Waals surface area contributed by atoms with Crippen LogP contribution < -0.4 is 9.73 Å². The zero-order chi connectivity index (χ0) is 20.9. The molecule has 0 radical (unpaired) electrons. The highest BCUT2D eigenvalue weighted by Crippen LogP contribution is 2.25. The molecule has 6 nitrogen and oxygen atoms in total.